The van der Waals surface area contributed by atoms with Gasteiger partial charge in [-0.15, -0.1) is 0 Å². The SMILES string of the molecule is CC1CCC(CO)(NC(=O)C2CNC(=O)CN2)CC1. The first-order valence-corrected chi connectivity index (χ1v) is 6.98. The lowest BCUT2D eigenvalue weighted by Gasteiger charge is -2.40. The van der Waals surface area contributed by atoms with E-state index in [1.807, 2.05) is 0 Å². The number of carbonyl (C=O) groups is 2. The van der Waals surface area contributed by atoms with Gasteiger partial charge in [-0.2, -0.15) is 0 Å². The molecule has 19 heavy (non-hydrogen) atoms. The average Bonchev–Trinajstić information content (AvgIpc) is 2.42. The van der Waals surface area contributed by atoms with Gasteiger partial charge in [0, 0.05) is 6.54 Å². The predicted octanol–water partition coefficient (Wildman–Crippen LogP) is -0.868. The number of piperazine rings is 1. The minimum atomic E-state index is -0.479. The molecule has 2 fully saturated rings. The molecule has 1 heterocycles. The van der Waals surface area contributed by atoms with E-state index >= 15 is 0 Å². The van der Waals surface area contributed by atoms with Crippen molar-refractivity contribution in [2.45, 2.75) is 44.2 Å². The molecule has 1 unspecified atom stereocenters. The number of nitrogens with one attached hydrogen (secondary N) is 3. The van der Waals surface area contributed by atoms with Crippen LogP contribution in [-0.2, 0) is 9.59 Å². The number of carbonyl (C=O) groups excluding carboxylic acids is 2. The molecule has 1 saturated carbocycles. The maximum Gasteiger partial charge on any atom is 0.239 e. The molecule has 0 spiro atoms. The minimum Gasteiger partial charge on any atom is -0.394 e. The van der Waals surface area contributed by atoms with Crippen LogP contribution in [-0.4, -0.2) is 48.2 Å². The monoisotopic (exact) mass is 269 g/mol. The van der Waals surface area contributed by atoms with Gasteiger partial charge in [-0.3, -0.25) is 14.9 Å². The van der Waals surface area contributed by atoms with Gasteiger partial charge in [0.25, 0.3) is 0 Å². The van der Waals surface area contributed by atoms with Crippen molar-refractivity contribution in [2.75, 3.05) is 19.7 Å². The second-order valence-corrected chi connectivity index (χ2v) is 5.85. The Morgan fingerprint density at radius 3 is 2.68 bits per heavy atom. The van der Waals surface area contributed by atoms with E-state index in [2.05, 4.69) is 22.9 Å². The highest BCUT2D eigenvalue weighted by atomic mass is 16.3. The lowest BCUT2D eigenvalue weighted by molar-refractivity contribution is -0.128. The molecule has 2 amide bonds. The third kappa shape index (κ3) is 3.45. The zero-order valence-corrected chi connectivity index (χ0v) is 11.4. The summed E-state index contributed by atoms with van der Waals surface area (Å²) < 4.78 is 0. The molecule has 1 aliphatic heterocycles. The van der Waals surface area contributed by atoms with Gasteiger partial charge < -0.3 is 15.7 Å². The van der Waals surface area contributed by atoms with Gasteiger partial charge in [-0.25, -0.2) is 0 Å². The topological polar surface area (TPSA) is 90.5 Å². The van der Waals surface area contributed by atoms with E-state index in [-0.39, 0.29) is 25.0 Å². The van der Waals surface area contributed by atoms with Gasteiger partial charge >= 0.3 is 0 Å². The molecule has 1 aliphatic carbocycles. The van der Waals surface area contributed by atoms with E-state index in [0.29, 0.717) is 12.5 Å². The summed E-state index contributed by atoms with van der Waals surface area (Å²) in [5.74, 6) is 0.430. The summed E-state index contributed by atoms with van der Waals surface area (Å²) in [6, 6.07) is -0.402. The number of amides is 2. The van der Waals surface area contributed by atoms with Crippen LogP contribution in [0.15, 0.2) is 0 Å². The van der Waals surface area contributed by atoms with Gasteiger partial charge in [0.1, 0.15) is 6.04 Å². The molecule has 0 bridgehead atoms. The Morgan fingerprint density at radius 2 is 2.16 bits per heavy atom. The molecule has 2 aliphatic rings. The normalized spacial score (nSPS) is 35.6. The van der Waals surface area contributed by atoms with Crippen LogP contribution in [0.2, 0.25) is 0 Å². The van der Waals surface area contributed by atoms with E-state index in [0.717, 1.165) is 25.7 Å². The predicted molar refractivity (Wildman–Crippen MR) is 70.4 cm³/mol. The third-order valence-electron chi connectivity index (χ3n) is 4.25. The Hall–Kier alpha value is -1.14. The smallest absolute Gasteiger partial charge is 0.239 e. The number of hydrogen-bond acceptors (Lipinski definition) is 4. The maximum absolute atomic E-state index is 12.2. The van der Waals surface area contributed by atoms with E-state index in [1.54, 1.807) is 0 Å². The van der Waals surface area contributed by atoms with Gasteiger partial charge in [0.05, 0.1) is 18.7 Å². The van der Waals surface area contributed by atoms with Crippen molar-refractivity contribution in [2.24, 2.45) is 5.92 Å². The highest BCUT2D eigenvalue weighted by Crippen LogP contribution is 2.31. The highest BCUT2D eigenvalue weighted by molar-refractivity contribution is 5.87. The van der Waals surface area contributed by atoms with Gasteiger partial charge in [0.2, 0.25) is 11.8 Å². The number of aliphatic hydroxyl groups is 1. The first-order valence-electron chi connectivity index (χ1n) is 6.98. The Bertz CT molecular complexity index is 341. The van der Waals surface area contributed by atoms with E-state index < -0.39 is 11.6 Å². The van der Waals surface area contributed by atoms with Crippen LogP contribution < -0.4 is 16.0 Å². The number of rotatable bonds is 3. The maximum atomic E-state index is 12.2. The molecule has 0 aromatic heterocycles. The Balaban J connectivity index is 1.91. The first kappa shape index (κ1) is 14.3. The summed E-state index contributed by atoms with van der Waals surface area (Å²) in [5.41, 5.74) is -0.479. The van der Waals surface area contributed by atoms with Crippen LogP contribution in [0.25, 0.3) is 0 Å². The van der Waals surface area contributed by atoms with Crippen LogP contribution in [0.3, 0.4) is 0 Å². The molecule has 0 aromatic rings. The fraction of sp³-hybridized carbons (Fsp3) is 0.846. The lowest BCUT2D eigenvalue weighted by Crippen LogP contribution is -2.63. The second-order valence-electron chi connectivity index (χ2n) is 5.85. The average molecular weight is 269 g/mol. The molecular weight excluding hydrogens is 246 g/mol. The number of hydrogen-bond donors (Lipinski definition) is 4. The number of aliphatic hydroxyl groups excluding tert-OH is 1. The second kappa shape index (κ2) is 5.88. The van der Waals surface area contributed by atoms with E-state index in [1.165, 1.54) is 0 Å². The Kier molecular flexibility index (Phi) is 4.42. The van der Waals surface area contributed by atoms with Gasteiger partial charge in [0.15, 0.2) is 0 Å². The molecule has 1 saturated heterocycles. The zero-order chi connectivity index (χ0) is 13.9. The molecule has 6 heteroatoms. The van der Waals surface area contributed by atoms with E-state index in [9.17, 15) is 14.7 Å². The first-order chi connectivity index (χ1) is 9.04. The fourth-order valence-corrected chi connectivity index (χ4v) is 2.74. The molecule has 6 nitrogen and oxygen atoms in total. The fourth-order valence-electron chi connectivity index (χ4n) is 2.74. The largest absolute Gasteiger partial charge is 0.394 e. The third-order valence-corrected chi connectivity index (χ3v) is 4.25. The van der Waals surface area contributed by atoms with Crippen LogP contribution in [0, 0.1) is 5.92 Å². The summed E-state index contributed by atoms with van der Waals surface area (Å²) in [7, 11) is 0. The van der Waals surface area contributed by atoms with Crippen LogP contribution in [0.1, 0.15) is 32.6 Å². The van der Waals surface area contributed by atoms with Crippen molar-refractivity contribution in [3.05, 3.63) is 0 Å². The van der Waals surface area contributed by atoms with E-state index in [4.69, 9.17) is 0 Å². The van der Waals surface area contributed by atoms with Crippen molar-refractivity contribution in [3.8, 4) is 0 Å². The van der Waals surface area contributed by atoms with Crippen molar-refractivity contribution in [3.63, 3.8) is 0 Å². The lowest BCUT2D eigenvalue weighted by atomic mass is 9.77. The Labute approximate surface area is 113 Å². The zero-order valence-electron chi connectivity index (χ0n) is 11.4. The summed E-state index contributed by atoms with van der Waals surface area (Å²) in [6.07, 6.45) is 3.68. The summed E-state index contributed by atoms with van der Waals surface area (Å²) in [6.45, 7) is 2.65. The van der Waals surface area contributed by atoms with Crippen LogP contribution in [0.4, 0.5) is 0 Å². The van der Waals surface area contributed by atoms with Crippen molar-refractivity contribution < 1.29 is 14.7 Å². The standard InChI is InChI=1S/C13H23N3O3/c1-9-2-4-13(8-17,5-3-9)16-12(19)10-6-15-11(18)7-14-10/h9-10,14,17H,2-8H2,1H3,(H,15,18)(H,16,19). The minimum absolute atomic E-state index is 0.0233. The van der Waals surface area contributed by atoms with Crippen LogP contribution >= 0.6 is 0 Å². The molecule has 0 aromatic carbocycles. The molecule has 0 radical (unpaired) electrons. The molecular formula is C13H23N3O3. The van der Waals surface area contributed by atoms with Crippen molar-refractivity contribution in [1.29, 1.82) is 0 Å². The van der Waals surface area contributed by atoms with Crippen molar-refractivity contribution in [1.82, 2.24) is 16.0 Å². The summed E-state index contributed by atoms with van der Waals surface area (Å²) in [4.78, 5) is 23.2. The van der Waals surface area contributed by atoms with Gasteiger partial charge in [-0.1, -0.05) is 6.92 Å². The summed E-state index contributed by atoms with van der Waals surface area (Å²) in [5, 5.41) is 18.2. The van der Waals surface area contributed by atoms with Crippen molar-refractivity contribution >= 4 is 11.8 Å². The van der Waals surface area contributed by atoms with Gasteiger partial charge in [-0.05, 0) is 31.6 Å². The highest BCUT2D eigenvalue weighted by Gasteiger charge is 2.37. The molecule has 4 N–H and O–H groups in total. The molecule has 2 rings (SSSR count). The quantitative estimate of drug-likeness (QED) is 0.536. The molecule has 1 atom stereocenters. The summed E-state index contributed by atoms with van der Waals surface area (Å²) >= 11 is 0. The molecule has 108 valence electrons. The van der Waals surface area contributed by atoms with Crippen LogP contribution in [0.5, 0.6) is 0 Å². The Morgan fingerprint density at radius 1 is 1.47 bits per heavy atom.